The second-order valence-corrected chi connectivity index (χ2v) is 7.96. The molecule has 1 aromatic rings. The van der Waals surface area contributed by atoms with Crippen LogP contribution in [0.1, 0.15) is 71.3 Å². The lowest BCUT2D eigenvalue weighted by molar-refractivity contribution is -0.155. The van der Waals surface area contributed by atoms with Gasteiger partial charge in [0, 0.05) is 5.92 Å². The Bertz CT molecular complexity index is 493. The first-order valence-corrected chi connectivity index (χ1v) is 9.48. The minimum atomic E-state index is -0.131. The van der Waals surface area contributed by atoms with Crippen LogP contribution in [0, 0.1) is 17.8 Å². The highest BCUT2D eigenvalue weighted by Gasteiger charge is 2.41. The summed E-state index contributed by atoms with van der Waals surface area (Å²) < 4.78 is 12.6. The van der Waals surface area contributed by atoms with Gasteiger partial charge in [0.05, 0.1) is 6.10 Å². The zero-order chi connectivity index (χ0) is 16.4. The van der Waals surface area contributed by atoms with Gasteiger partial charge in [0.2, 0.25) is 6.29 Å². The van der Waals surface area contributed by atoms with Crippen LogP contribution in [0.25, 0.3) is 0 Å². The van der Waals surface area contributed by atoms with Gasteiger partial charge in [-0.05, 0) is 67.6 Å². The van der Waals surface area contributed by atoms with E-state index in [1.54, 1.807) is 0 Å². The largest absolute Gasteiger partial charge is 0.465 e. The van der Waals surface area contributed by atoms with Crippen LogP contribution in [0.2, 0.25) is 0 Å². The van der Waals surface area contributed by atoms with E-state index < -0.39 is 0 Å². The summed E-state index contributed by atoms with van der Waals surface area (Å²) in [7, 11) is 0. The van der Waals surface area contributed by atoms with Crippen molar-refractivity contribution in [3.8, 4) is 5.75 Å². The van der Waals surface area contributed by atoms with E-state index in [1.165, 1.54) is 37.7 Å². The summed E-state index contributed by atoms with van der Waals surface area (Å²) in [4.78, 5) is 0. The summed E-state index contributed by atoms with van der Waals surface area (Å²) >= 11 is 0. The molecule has 0 N–H and O–H groups in total. The number of benzene rings is 1. The third-order valence-electron chi connectivity index (χ3n) is 5.84. The predicted molar refractivity (Wildman–Crippen MR) is 94.7 cm³/mol. The molecule has 2 aliphatic carbocycles. The van der Waals surface area contributed by atoms with Crippen molar-refractivity contribution >= 4 is 0 Å². The molecule has 0 amide bonds. The molecule has 0 aromatic heterocycles. The lowest BCUT2D eigenvalue weighted by Gasteiger charge is -2.30. The molecule has 128 valence electrons. The Hall–Kier alpha value is -1.02. The van der Waals surface area contributed by atoms with Crippen LogP contribution in [0.5, 0.6) is 5.75 Å². The quantitative estimate of drug-likeness (QED) is 0.595. The van der Waals surface area contributed by atoms with Gasteiger partial charge in [0.1, 0.15) is 5.75 Å². The van der Waals surface area contributed by atoms with E-state index in [4.69, 9.17) is 9.47 Å². The Morgan fingerprint density at radius 3 is 2.30 bits per heavy atom. The zero-order valence-corrected chi connectivity index (χ0v) is 15.1. The third-order valence-corrected chi connectivity index (χ3v) is 5.84. The van der Waals surface area contributed by atoms with Crippen LogP contribution < -0.4 is 4.74 Å². The van der Waals surface area contributed by atoms with Crippen molar-refractivity contribution in [2.75, 3.05) is 0 Å². The first kappa shape index (κ1) is 16.8. The molecular formula is C21H32O2. The molecule has 0 saturated heterocycles. The molecule has 2 aliphatic rings. The summed E-state index contributed by atoms with van der Waals surface area (Å²) in [6.45, 7) is 8.87. The van der Waals surface area contributed by atoms with Gasteiger partial charge in [-0.1, -0.05) is 39.8 Å². The number of hydrogen-bond acceptors (Lipinski definition) is 2. The number of rotatable bonds is 7. The molecule has 1 aromatic carbocycles. The van der Waals surface area contributed by atoms with Crippen LogP contribution in [0.3, 0.4) is 0 Å². The molecule has 0 aliphatic heterocycles. The molecule has 2 saturated carbocycles. The smallest absolute Gasteiger partial charge is 0.202 e. The first-order chi connectivity index (χ1) is 11.1. The maximum Gasteiger partial charge on any atom is 0.202 e. The lowest BCUT2D eigenvalue weighted by atomic mass is 9.97. The van der Waals surface area contributed by atoms with E-state index in [0.717, 1.165) is 17.6 Å². The van der Waals surface area contributed by atoms with E-state index in [0.29, 0.717) is 17.9 Å². The van der Waals surface area contributed by atoms with E-state index >= 15 is 0 Å². The van der Waals surface area contributed by atoms with Crippen LogP contribution >= 0.6 is 0 Å². The van der Waals surface area contributed by atoms with E-state index in [-0.39, 0.29) is 6.29 Å². The number of hydrogen-bond donors (Lipinski definition) is 0. The van der Waals surface area contributed by atoms with Gasteiger partial charge in [-0.25, -0.2) is 0 Å². The van der Waals surface area contributed by atoms with Gasteiger partial charge in [-0.15, -0.1) is 0 Å². The highest BCUT2D eigenvalue weighted by Crippen LogP contribution is 2.46. The first-order valence-electron chi connectivity index (χ1n) is 9.48. The number of ether oxygens (including phenoxy) is 2. The van der Waals surface area contributed by atoms with Crippen LogP contribution in [-0.4, -0.2) is 12.4 Å². The normalized spacial score (nSPS) is 29.0. The summed E-state index contributed by atoms with van der Waals surface area (Å²) in [5, 5.41) is 0. The van der Waals surface area contributed by atoms with Crippen molar-refractivity contribution in [2.24, 2.45) is 17.8 Å². The van der Waals surface area contributed by atoms with Crippen molar-refractivity contribution in [2.45, 2.75) is 78.1 Å². The molecule has 2 nitrogen and oxygen atoms in total. The van der Waals surface area contributed by atoms with Gasteiger partial charge in [0.25, 0.3) is 0 Å². The van der Waals surface area contributed by atoms with Crippen LogP contribution in [-0.2, 0) is 4.74 Å². The Kier molecular flexibility index (Phi) is 5.31. The fraction of sp³-hybridized carbons (Fsp3) is 0.714. The summed E-state index contributed by atoms with van der Waals surface area (Å²) in [5.41, 5.74) is 1.38. The zero-order valence-electron chi connectivity index (χ0n) is 15.1. The molecule has 2 bridgehead atoms. The standard InChI is InChI=1S/C21H32O2/c1-5-15(4)17-8-10-19(11-9-17)22-21(14(2)3)23-20-13-16-6-7-18(20)12-16/h8-11,14-16,18,20-21H,5-7,12-13H2,1-4H3. The highest BCUT2D eigenvalue weighted by atomic mass is 16.7. The average Bonchev–Trinajstić information content (AvgIpc) is 3.17. The van der Waals surface area contributed by atoms with E-state index in [9.17, 15) is 0 Å². The van der Waals surface area contributed by atoms with Crippen molar-refractivity contribution in [3.05, 3.63) is 29.8 Å². The van der Waals surface area contributed by atoms with Gasteiger partial charge >= 0.3 is 0 Å². The van der Waals surface area contributed by atoms with Gasteiger partial charge in [-0.2, -0.15) is 0 Å². The maximum absolute atomic E-state index is 6.39. The lowest BCUT2D eigenvalue weighted by Crippen LogP contribution is -2.34. The van der Waals surface area contributed by atoms with E-state index in [1.807, 2.05) is 0 Å². The van der Waals surface area contributed by atoms with Crippen molar-refractivity contribution in [3.63, 3.8) is 0 Å². The fourth-order valence-corrected chi connectivity index (χ4v) is 4.09. The monoisotopic (exact) mass is 316 g/mol. The highest BCUT2D eigenvalue weighted by molar-refractivity contribution is 5.29. The molecule has 0 radical (unpaired) electrons. The molecular weight excluding hydrogens is 284 g/mol. The van der Waals surface area contributed by atoms with Crippen molar-refractivity contribution < 1.29 is 9.47 Å². The topological polar surface area (TPSA) is 18.5 Å². The minimum absolute atomic E-state index is 0.131. The van der Waals surface area contributed by atoms with E-state index in [2.05, 4.69) is 52.0 Å². The Balaban J connectivity index is 1.60. The van der Waals surface area contributed by atoms with Crippen LogP contribution in [0.4, 0.5) is 0 Å². The second-order valence-electron chi connectivity index (χ2n) is 7.96. The fourth-order valence-electron chi connectivity index (χ4n) is 4.09. The Labute approximate surface area is 141 Å². The molecule has 23 heavy (non-hydrogen) atoms. The molecule has 0 spiro atoms. The average molecular weight is 316 g/mol. The molecule has 0 heterocycles. The third kappa shape index (κ3) is 3.91. The molecule has 3 rings (SSSR count). The van der Waals surface area contributed by atoms with Gasteiger partial charge in [-0.3, -0.25) is 0 Å². The molecule has 2 heteroatoms. The second kappa shape index (κ2) is 7.25. The number of fused-ring (bicyclic) bond motifs is 2. The summed E-state index contributed by atoms with van der Waals surface area (Å²) in [6, 6.07) is 8.58. The molecule has 2 fully saturated rings. The van der Waals surface area contributed by atoms with Crippen molar-refractivity contribution in [1.29, 1.82) is 0 Å². The predicted octanol–water partition coefficient (Wildman–Crippen LogP) is 5.77. The van der Waals surface area contributed by atoms with Gasteiger partial charge < -0.3 is 9.47 Å². The SMILES string of the molecule is CCC(C)c1ccc(OC(OC2CC3CCC2C3)C(C)C)cc1. The Morgan fingerprint density at radius 1 is 1.04 bits per heavy atom. The Morgan fingerprint density at radius 2 is 1.78 bits per heavy atom. The summed E-state index contributed by atoms with van der Waals surface area (Å²) in [6.07, 6.45) is 6.83. The van der Waals surface area contributed by atoms with Gasteiger partial charge in [0.15, 0.2) is 0 Å². The minimum Gasteiger partial charge on any atom is -0.465 e. The summed E-state index contributed by atoms with van der Waals surface area (Å²) in [5.74, 6) is 3.59. The molecule has 5 atom stereocenters. The maximum atomic E-state index is 6.39. The molecule has 5 unspecified atom stereocenters. The van der Waals surface area contributed by atoms with Crippen molar-refractivity contribution in [1.82, 2.24) is 0 Å². The van der Waals surface area contributed by atoms with Crippen LogP contribution in [0.15, 0.2) is 24.3 Å².